The van der Waals surface area contributed by atoms with Crippen LogP contribution < -0.4 is 19.6 Å². The molecule has 2 spiro atoms. The monoisotopic (exact) mass is 1070 g/mol. The maximum Gasteiger partial charge on any atom is 0.336 e. The first-order valence-corrected chi connectivity index (χ1v) is 23.4. The number of benzene rings is 6. The Balaban J connectivity index is 0.000000157. The van der Waals surface area contributed by atoms with Crippen LogP contribution in [0.15, 0.2) is 159 Å². The molecule has 6 aromatic carbocycles. The number of nitriles is 2. The summed E-state index contributed by atoms with van der Waals surface area (Å²) < 4.78 is 2.70. The van der Waals surface area contributed by atoms with Gasteiger partial charge in [-0.05, 0) is 153 Å². The van der Waals surface area contributed by atoms with Crippen LogP contribution in [0.3, 0.4) is 0 Å². The number of imide groups is 1. The summed E-state index contributed by atoms with van der Waals surface area (Å²) in [6, 6.07) is 45.7. The third-order valence-electron chi connectivity index (χ3n) is 12.6. The van der Waals surface area contributed by atoms with Crippen molar-refractivity contribution in [3.63, 3.8) is 0 Å². The molecule has 0 aromatic heterocycles. The molecule has 2 heterocycles. The molecule has 67 heavy (non-hydrogen) atoms. The zero-order valence-electron chi connectivity index (χ0n) is 35.5. The maximum atomic E-state index is 14.1. The summed E-state index contributed by atoms with van der Waals surface area (Å²) in [7, 11) is 0. The van der Waals surface area contributed by atoms with Gasteiger partial charge in [0.2, 0.25) is 0 Å². The van der Waals surface area contributed by atoms with Crippen molar-refractivity contribution in [1.82, 2.24) is 0 Å². The van der Waals surface area contributed by atoms with Crippen molar-refractivity contribution in [1.29, 1.82) is 10.5 Å². The lowest BCUT2D eigenvalue weighted by atomic mass is 9.66. The predicted octanol–water partition coefficient (Wildman–Crippen LogP) is 13.3. The number of amides is 5. The maximum absolute atomic E-state index is 14.1. The lowest BCUT2D eigenvalue weighted by Gasteiger charge is -2.52. The summed E-state index contributed by atoms with van der Waals surface area (Å²) in [6.45, 7) is 14.1. The van der Waals surface area contributed by atoms with Crippen molar-refractivity contribution < 1.29 is 19.5 Å². The Morgan fingerprint density at radius 3 is 1.45 bits per heavy atom. The molecule has 12 nitrogen and oxygen atoms in total. The highest BCUT2D eigenvalue weighted by molar-refractivity contribution is 9.11. The highest BCUT2D eigenvalue weighted by Gasteiger charge is 2.70. The number of rotatable bonds is 5. The minimum absolute atomic E-state index is 0.171. The second kappa shape index (κ2) is 19.0. The number of carbonyl (C=O) groups is 3. The summed E-state index contributed by atoms with van der Waals surface area (Å²) in [6.07, 6.45) is 4.29. The molecule has 1 atom stereocenters. The normalized spacial score (nSPS) is 18.3. The van der Waals surface area contributed by atoms with Crippen molar-refractivity contribution in [3.05, 3.63) is 199 Å². The molecular weight excluding hydrogens is 1040 g/mol. The van der Waals surface area contributed by atoms with Gasteiger partial charge in [-0.15, -0.1) is 0 Å². The van der Waals surface area contributed by atoms with E-state index in [-0.39, 0.29) is 18.0 Å². The number of carbonyl (C=O) groups excluding carboxylic acids is 3. The van der Waals surface area contributed by atoms with E-state index in [1.807, 2.05) is 36.4 Å². The van der Waals surface area contributed by atoms with Gasteiger partial charge in [-0.25, -0.2) is 24.2 Å². The average Bonchev–Trinajstić information content (AvgIpc) is 3.70. The molecule has 1 unspecified atom stereocenters. The molecule has 4 fully saturated rings. The molecular formula is C52H37Br3N8O4. The van der Waals surface area contributed by atoms with Gasteiger partial charge in [0.05, 0.1) is 42.1 Å². The number of aliphatic hydroxyl groups is 1. The Bertz CT molecular complexity index is 3060. The highest BCUT2D eigenvalue weighted by atomic mass is 79.9. The lowest BCUT2D eigenvalue weighted by Crippen LogP contribution is -2.63. The van der Waals surface area contributed by atoms with Crippen LogP contribution in [0.25, 0.3) is 9.69 Å². The summed E-state index contributed by atoms with van der Waals surface area (Å²) in [5.41, 5.74) is 1.60. The third kappa shape index (κ3) is 8.26. The van der Waals surface area contributed by atoms with E-state index in [1.165, 1.54) is 9.80 Å². The van der Waals surface area contributed by atoms with E-state index in [1.54, 1.807) is 119 Å². The van der Waals surface area contributed by atoms with Gasteiger partial charge in [0, 0.05) is 30.5 Å². The summed E-state index contributed by atoms with van der Waals surface area (Å²) in [4.78, 5) is 53.1. The van der Waals surface area contributed by atoms with Crippen molar-refractivity contribution in [2.24, 2.45) is 0 Å². The van der Waals surface area contributed by atoms with Crippen LogP contribution in [-0.2, 0) is 10.5 Å². The summed E-state index contributed by atoms with van der Waals surface area (Å²) in [5, 5.41) is 30.7. The van der Waals surface area contributed by atoms with E-state index in [9.17, 15) is 24.8 Å². The van der Waals surface area contributed by atoms with Crippen LogP contribution in [0, 0.1) is 35.8 Å². The average molecular weight is 1080 g/mol. The third-order valence-corrected chi connectivity index (χ3v) is 14.1. The first-order chi connectivity index (χ1) is 32.3. The van der Waals surface area contributed by atoms with Crippen molar-refractivity contribution in [3.8, 4) is 12.1 Å². The zero-order valence-corrected chi connectivity index (χ0v) is 40.2. The second-order valence-electron chi connectivity index (χ2n) is 16.2. The van der Waals surface area contributed by atoms with Gasteiger partial charge in [0.1, 0.15) is 11.1 Å². The smallest absolute Gasteiger partial charge is 0.336 e. The number of urea groups is 2. The van der Waals surface area contributed by atoms with Crippen molar-refractivity contribution in [2.75, 3.05) is 19.6 Å². The van der Waals surface area contributed by atoms with Gasteiger partial charge < -0.3 is 5.11 Å². The minimum atomic E-state index is -1.69. The van der Waals surface area contributed by atoms with Crippen LogP contribution in [-0.4, -0.2) is 34.2 Å². The van der Waals surface area contributed by atoms with Gasteiger partial charge in [-0.1, -0.05) is 84.2 Å². The Morgan fingerprint density at radius 2 is 1.00 bits per heavy atom. The van der Waals surface area contributed by atoms with Crippen LogP contribution in [0.4, 0.5) is 43.7 Å². The molecule has 1 N–H and O–H groups in total. The van der Waals surface area contributed by atoms with E-state index in [0.717, 1.165) is 26.3 Å². The highest BCUT2D eigenvalue weighted by Crippen LogP contribution is 2.59. The van der Waals surface area contributed by atoms with Gasteiger partial charge in [0.25, 0.3) is 5.91 Å². The van der Waals surface area contributed by atoms with Crippen LogP contribution >= 0.6 is 47.8 Å². The van der Waals surface area contributed by atoms with E-state index >= 15 is 0 Å². The van der Waals surface area contributed by atoms with Crippen LogP contribution in [0.1, 0.15) is 55.2 Å². The molecule has 0 bridgehead atoms. The van der Waals surface area contributed by atoms with E-state index in [4.69, 9.17) is 18.4 Å². The lowest BCUT2D eigenvalue weighted by molar-refractivity contribution is -0.123. The number of hydrogen-bond donors (Lipinski definition) is 1. The fourth-order valence-electron chi connectivity index (χ4n) is 9.02. The van der Waals surface area contributed by atoms with Crippen molar-refractivity contribution in [2.45, 2.75) is 55.3 Å². The quantitative estimate of drug-likeness (QED) is 0.135. The van der Waals surface area contributed by atoms with Gasteiger partial charge in [-0.3, -0.25) is 19.5 Å². The first kappa shape index (κ1) is 46.4. The SMILES string of the molecule is N#Cc1ccc(N2C(=O)N(c3ccc(Br)cc3)C(=O)C23CCC3)cc1.[C-]#[N+]c1cccc(Br)c1.[C-]#[N+]c1cccc(C2(O)N(c3ccc(Br)cc3)C(=O)N(c3ccc(C#N)cc3)C23CCC3)c1. The van der Waals surface area contributed by atoms with E-state index in [0.29, 0.717) is 76.5 Å². The Hall–Kier alpha value is -7.11. The molecule has 0 radical (unpaired) electrons. The van der Waals surface area contributed by atoms with Crippen molar-refractivity contribution >= 4 is 99.9 Å². The molecule has 4 aliphatic rings. The summed E-state index contributed by atoms with van der Waals surface area (Å²) in [5.74, 6) is -0.171. The number of hydrogen-bond acceptors (Lipinski definition) is 6. The fraction of sp³-hybridized carbons (Fsp3) is 0.173. The Kier molecular flexibility index (Phi) is 13.2. The predicted molar refractivity (Wildman–Crippen MR) is 266 cm³/mol. The molecule has 15 heteroatoms. The molecule has 5 amide bonds. The minimum Gasteiger partial charge on any atom is -0.365 e. The Morgan fingerprint density at radius 1 is 0.537 bits per heavy atom. The molecule has 330 valence electrons. The standard InChI is InChI=1S/C26H19BrN4O2.C19H14BrN3O2.C7H4BrN/c1-29-21-5-2-4-19(16-21)26(33)25(14-3-15-25)30(22-10-6-18(17-28)7-11-22)24(32)31(26)23-12-8-20(27)9-13-23;20-14-4-8-15(9-5-14)22-17(24)19(10-1-11-19)23(18(22)25)16-6-2-13(12-21)3-7-16;1-9-7-4-2-3-6(8)5-7/h2,4-13,16,33H,3,14-15H2;2-9H,1,10-11H2;2-5H. The van der Waals surface area contributed by atoms with Gasteiger partial charge in [0.15, 0.2) is 17.1 Å². The number of nitrogens with zero attached hydrogens (tertiary/aromatic N) is 8. The molecule has 6 aromatic rings. The van der Waals surface area contributed by atoms with Crippen LogP contribution in [0.2, 0.25) is 0 Å². The molecule has 2 aliphatic heterocycles. The Labute approximate surface area is 412 Å². The molecule has 10 rings (SSSR count). The number of anilines is 4. The first-order valence-electron chi connectivity index (χ1n) is 21.0. The molecule has 2 aliphatic carbocycles. The van der Waals surface area contributed by atoms with E-state index in [2.05, 4.69) is 69.6 Å². The van der Waals surface area contributed by atoms with Crippen LogP contribution in [0.5, 0.6) is 0 Å². The summed E-state index contributed by atoms with van der Waals surface area (Å²) >= 11 is 10.1. The topological polar surface area (TPSA) is 141 Å². The zero-order chi connectivity index (χ0) is 47.5. The van der Waals surface area contributed by atoms with Gasteiger partial charge in [-0.2, -0.15) is 10.5 Å². The molecule has 2 saturated carbocycles. The fourth-order valence-corrected chi connectivity index (χ4v) is 9.93. The van der Waals surface area contributed by atoms with E-state index < -0.39 is 16.8 Å². The largest absolute Gasteiger partial charge is 0.365 e. The molecule has 2 saturated heterocycles. The number of halogens is 3. The second-order valence-corrected chi connectivity index (χ2v) is 18.9. The van der Waals surface area contributed by atoms with Gasteiger partial charge >= 0.3 is 12.1 Å².